The van der Waals surface area contributed by atoms with E-state index >= 15 is 0 Å². The molecule has 2 N–H and O–H groups in total. The van der Waals surface area contributed by atoms with Crippen LogP contribution in [0.5, 0.6) is 5.75 Å². The number of aryl methyl sites for hydroxylation is 3. The quantitative estimate of drug-likeness (QED) is 0.213. The van der Waals surface area contributed by atoms with Crippen LogP contribution >= 0.6 is 0 Å². The standard InChI is InChI=1S/C28H31F3N8O3/c1-3-19-9-10-23(29)21(13-19)15-26(40)33-25-18-39(37-35-25)12-5-4-11-38-17-24(34-36-38)27(41)32-16-20-7-6-8-22(14-20)42-28(2,30)31/h6-10,13-14,17-18H,3-5,11-12,15-16H2,1-2H3,(H,32,41)(H,33,40). The first-order valence-electron chi connectivity index (χ1n) is 13.4. The van der Waals surface area contributed by atoms with Gasteiger partial charge in [-0.15, -0.1) is 10.2 Å². The Balaban J connectivity index is 1.17. The first-order valence-corrected chi connectivity index (χ1v) is 13.4. The van der Waals surface area contributed by atoms with E-state index in [1.54, 1.807) is 39.8 Å². The molecule has 222 valence electrons. The minimum atomic E-state index is -3.30. The number of nitrogens with one attached hydrogen (secondary N) is 2. The molecular weight excluding hydrogens is 553 g/mol. The first-order chi connectivity index (χ1) is 20.1. The fraction of sp³-hybridized carbons (Fsp3) is 0.357. The van der Waals surface area contributed by atoms with Gasteiger partial charge in [-0.05, 0) is 54.2 Å². The molecule has 14 heteroatoms. The normalized spacial score (nSPS) is 11.4. The van der Waals surface area contributed by atoms with Gasteiger partial charge in [0.15, 0.2) is 11.5 Å². The number of benzene rings is 2. The highest BCUT2D eigenvalue weighted by molar-refractivity contribution is 5.92. The fourth-order valence-electron chi connectivity index (χ4n) is 4.07. The maximum Gasteiger partial charge on any atom is 0.394 e. The number of nitrogens with zero attached hydrogens (tertiary/aromatic N) is 6. The van der Waals surface area contributed by atoms with E-state index in [-0.39, 0.29) is 36.1 Å². The van der Waals surface area contributed by atoms with Crippen molar-refractivity contribution >= 4 is 17.6 Å². The highest BCUT2D eigenvalue weighted by Gasteiger charge is 2.23. The number of carbonyl (C=O) groups is 2. The van der Waals surface area contributed by atoms with Crippen molar-refractivity contribution < 1.29 is 27.5 Å². The Morgan fingerprint density at radius 3 is 2.45 bits per heavy atom. The van der Waals surface area contributed by atoms with Crippen molar-refractivity contribution in [3.05, 3.63) is 83.1 Å². The molecule has 0 atom stereocenters. The molecule has 0 unspecified atom stereocenters. The first kappa shape index (κ1) is 30.2. The molecule has 42 heavy (non-hydrogen) atoms. The van der Waals surface area contributed by atoms with E-state index < -0.39 is 17.8 Å². The average molecular weight is 585 g/mol. The van der Waals surface area contributed by atoms with E-state index in [1.807, 2.05) is 6.92 Å². The van der Waals surface area contributed by atoms with Crippen LogP contribution in [0.3, 0.4) is 0 Å². The van der Waals surface area contributed by atoms with E-state index in [0.717, 1.165) is 12.0 Å². The second kappa shape index (κ2) is 13.7. The molecule has 0 fully saturated rings. The summed E-state index contributed by atoms with van der Waals surface area (Å²) < 4.78 is 47.9. The number of hydrogen-bond acceptors (Lipinski definition) is 7. The monoisotopic (exact) mass is 584 g/mol. The van der Waals surface area contributed by atoms with E-state index in [2.05, 4.69) is 36.0 Å². The van der Waals surface area contributed by atoms with Crippen LogP contribution in [0.4, 0.5) is 19.0 Å². The molecule has 0 spiro atoms. The molecule has 2 amide bonds. The Bertz CT molecular complexity index is 1520. The zero-order valence-corrected chi connectivity index (χ0v) is 23.2. The number of rotatable bonds is 14. The van der Waals surface area contributed by atoms with E-state index in [1.165, 1.54) is 24.4 Å². The second-order valence-electron chi connectivity index (χ2n) is 9.69. The number of carbonyl (C=O) groups excluding carboxylic acids is 2. The number of hydrogen-bond donors (Lipinski definition) is 2. The molecule has 2 aromatic carbocycles. The zero-order chi connectivity index (χ0) is 30.1. The van der Waals surface area contributed by atoms with E-state index in [9.17, 15) is 22.8 Å². The van der Waals surface area contributed by atoms with Crippen molar-refractivity contribution in [2.24, 2.45) is 0 Å². The van der Waals surface area contributed by atoms with Gasteiger partial charge < -0.3 is 15.4 Å². The molecule has 0 aliphatic heterocycles. The lowest BCUT2D eigenvalue weighted by Gasteiger charge is -2.13. The highest BCUT2D eigenvalue weighted by atomic mass is 19.3. The van der Waals surface area contributed by atoms with Crippen molar-refractivity contribution in [2.75, 3.05) is 5.32 Å². The van der Waals surface area contributed by atoms with Crippen molar-refractivity contribution in [3.63, 3.8) is 0 Å². The molecule has 4 aromatic rings. The summed E-state index contributed by atoms with van der Waals surface area (Å²) in [4.78, 5) is 24.8. The van der Waals surface area contributed by atoms with Gasteiger partial charge >= 0.3 is 6.11 Å². The Morgan fingerprint density at radius 2 is 1.71 bits per heavy atom. The van der Waals surface area contributed by atoms with Crippen LogP contribution in [-0.4, -0.2) is 47.9 Å². The lowest BCUT2D eigenvalue weighted by Crippen LogP contribution is -2.23. The van der Waals surface area contributed by atoms with E-state index in [4.69, 9.17) is 0 Å². The molecule has 0 saturated carbocycles. The number of halogens is 3. The van der Waals surface area contributed by atoms with Gasteiger partial charge in [-0.3, -0.25) is 19.0 Å². The van der Waals surface area contributed by atoms with Crippen LogP contribution in [0.2, 0.25) is 0 Å². The molecule has 0 aliphatic rings. The highest BCUT2D eigenvalue weighted by Crippen LogP contribution is 2.22. The van der Waals surface area contributed by atoms with Gasteiger partial charge in [-0.25, -0.2) is 4.39 Å². The van der Waals surface area contributed by atoms with Crippen LogP contribution in [0, 0.1) is 5.82 Å². The lowest BCUT2D eigenvalue weighted by atomic mass is 10.1. The smallest absolute Gasteiger partial charge is 0.394 e. The molecule has 11 nitrogen and oxygen atoms in total. The van der Waals surface area contributed by atoms with Crippen molar-refractivity contribution in [2.45, 2.75) is 65.3 Å². The Labute approximate surface area is 240 Å². The largest absolute Gasteiger partial charge is 0.433 e. The van der Waals surface area contributed by atoms with Crippen molar-refractivity contribution in [1.29, 1.82) is 0 Å². The number of ether oxygens (including phenoxy) is 1. The number of amides is 2. The van der Waals surface area contributed by atoms with Crippen LogP contribution < -0.4 is 15.4 Å². The summed E-state index contributed by atoms with van der Waals surface area (Å²) in [5.41, 5.74) is 1.99. The van der Waals surface area contributed by atoms with Crippen molar-refractivity contribution in [1.82, 2.24) is 35.3 Å². The van der Waals surface area contributed by atoms with Crippen LogP contribution in [0.15, 0.2) is 54.9 Å². The third-order valence-corrected chi connectivity index (χ3v) is 6.12. The van der Waals surface area contributed by atoms with Crippen LogP contribution in [-0.2, 0) is 37.3 Å². The Morgan fingerprint density at radius 1 is 0.976 bits per heavy atom. The van der Waals surface area contributed by atoms with Crippen LogP contribution in [0.25, 0.3) is 0 Å². The maximum atomic E-state index is 14.0. The SMILES string of the molecule is CCc1ccc(F)c(CC(=O)Nc2cn(CCCCn3cc(C(=O)NCc4cccc(OC(C)(F)F)c4)nn3)nn2)c1. The topological polar surface area (TPSA) is 129 Å². The van der Waals surface area contributed by atoms with Gasteiger partial charge in [-0.1, -0.05) is 41.6 Å². The number of unbranched alkanes of at least 4 members (excludes halogenated alkanes) is 1. The molecule has 2 heterocycles. The van der Waals surface area contributed by atoms with Gasteiger partial charge in [0.25, 0.3) is 5.91 Å². The van der Waals surface area contributed by atoms with E-state index in [0.29, 0.717) is 44.0 Å². The summed E-state index contributed by atoms with van der Waals surface area (Å²) in [6.07, 6.45) is 1.87. The molecule has 0 saturated heterocycles. The van der Waals surface area contributed by atoms with Crippen LogP contribution in [0.1, 0.15) is 53.9 Å². The number of alkyl halides is 2. The number of anilines is 1. The predicted octanol–water partition coefficient (Wildman–Crippen LogP) is 4.15. The summed E-state index contributed by atoms with van der Waals surface area (Å²) in [6.45, 7) is 3.75. The Kier molecular flexibility index (Phi) is 9.89. The maximum absolute atomic E-state index is 14.0. The predicted molar refractivity (Wildman–Crippen MR) is 146 cm³/mol. The molecule has 0 radical (unpaired) electrons. The third-order valence-electron chi connectivity index (χ3n) is 6.12. The fourth-order valence-corrected chi connectivity index (χ4v) is 4.07. The third kappa shape index (κ3) is 9.14. The summed E-state index contributed by atoms with van der Waals surface area (Å²) in [5.74, 6) is -0.986. The Hall–Kier alpha value is -4.75. The van der Waals surface area contributed by atoms with Gasteiger partial charge in [-0.2, -0.15) is 8.78 Å². The molecule has 0 bridgehead atoms. The lowest BCUT2D eigenvalue weighted by molar-refractivity contribution is -0.159. The molecule has 2 aromatic heterocycles. The van der Waals surface area contributed by atoms with Gasteiger partial charge in [0.05, 0.1) is 18.8 Å². The minimum absolute atomic E-state index is 0.00253. The summed E-state index contributed by atoms with van der Waals surface area (Å²) >= 11 is 0. The van der Waals surface area contributed by atoms with Crippen molar-refractivity contribution in [3.8, 4) is 5.75 Å². The molecular formula is C28H31F3N8O3. The van der Waals surface area contributed by atoms with Gasteiger partial charge in [0.2, 0.25) is 5.91 Å². The zero-order valence-electron chi connectivity index (χ0n) is 23.2. The summed E-state index contributed by atoms with van der Waals surface area (Å²) in [6, 6.07) is 10.8. The molecule has 0 aliphatic carbocycles. The summed E-state index contributed by atoms with van der Waals surface area (Å²) in [5, 5.41) is 21.1. The molecule has 4 rings (SSSR count). The summed E-state index contributed by atoms with van der Waals surface area (Å²) in [7, 11) is 0. The minimum Gasteiger partial charge on any atom is -0.433 e. The average Bonchev–Trinajstić information content (AvgIpc) is 3.60. The number of aromatic nitrogens is 6. The van der Waals surface area contributed by atoms with Gasteiger partial charge in [0, 0.05) is 26.6 Å². The van der Waals surface area contributed by atoms with Gasteiger partial charge in [0.1, 0.15) is 11.6 Å². The second-order valence-corrected chi connectivity index (χ2v) is 9.69.